The topological polar surface area (TPSA) is 12.0 Å². The Morgan fingerprint density at radius 3 is 2.85 bits per heavy atom. The van der Waals surface area contributed by atoms with Crippen LogP contribution < -0.4 is 5.32 Å². The molecule has 1 aromatic carbocycles. The van der Waals surface area contributed by atoms with Crippen LogP contribution in [-0.2, 0) is 0 Å². The fraction of sp³-hybridized carbons (Fsp3) is 0.556. The van der Waals surface area contributed by atoms with E-state index in [0.717, 1.165) is 12.0 Å². The zero-order valence-electron chi connectivity index (χ0n) is 12.1. The highest BCUT2D eigenvalue weighted by Gasteiger charge is 2.29. The van der Waals surface area contributed by atoms with Crippen molar-refractivity contribution >= 4 is 15.9 Å². The molecular formula is C18H24BrN. The SMILES string of the molecule is Brc1cccc(C2CC(NCCC3=CCCCC3)C2)c1. The molecule has 1 N–H and O–H groups in total. The normalized spacial score (nSPS) is 25.9. The predicted octanol–water partition coefficient (Wildman–Crippen LogP) is 5.18. The number of hydrogen-bond donors (Lipinski definition) is 1. The van der Waals surface area contributed by atoms with Gasteiger partial charge < -0.3 is 5.32 Å². The van der Waals surface area contributed by atoms with Crippen LogP contribution in [0, 0.1) is 0 Å². The van der Waals surface area contributed by atoms with Gasteiger partial charge in [-0.05, 0) is 75.1 Å². The number of hydrogen-bond acceptors (Lipinski definition) is 1. The van der Waals surface area contributed by atoms with E-state index in [1.807, 2.05) is 0 Å². The highest BCUT2D eigenvalue weighted by molar-refractivity contribution is 9.10. The maximum atomic E-state index is 3.73. The van der Waals surface area contributed by atoms with E-state index in [9.17, 15) is 0 Å². The van der Waals surface area contributed by atoms with Crippen LogP contribution in [-0.4, -0.2) is 12.6 Å². The number of allylic oxidation sites excluding steroid dienone is 1. The summed E-state index contributed by atoms with van der Waals surface area (Å²) in [6, 6.07) is 9.53. The summed E-state index contributed by atoms with van der Waals surface area (Å²) in [7, 11) is 0. The molecule has 108 valence electrons. The largest absolute Gasteiger partial charge is 0.314 e. The van der Waals surface area contributed by atoms with Crippen LogP contribution in [0.3, 0.4) is 0 Å². The molecule has 3 rings (SSSR count). The van der Waals surface area contributed by atoms with E-state index in [1.165, 1.54) is 61.5 Å². The summed E-state index contributed by atoms with van der Waals surface area (Å²) >= 11 is 3.56. The van der Waals surface area contributed by atoms with Crippen LogP contribution >= 0.6 is 15.9 Å². The van der Waals surface area contributed by atoms with Crippen molar-refractivity contribution < 1.29 is 0 Å². The Bertz CT molecular complexity index is 474. The Labute approximate surface area is 131 Å². The van der Waals surface area contributed by atoms with Crippen LogP contribution in [0.15, 0.2) is 40.4 Å². The van der Waals surface area contributed by atoms with Crippen LogP contribution in [0.25, 0.3) is 0 Å². The number of nitrogens with one attached hydrogen (secondary N) is 1. The minimum absolute atomic E-state index is 0.739. The molecule has 0 radical (unpaired) electrons. The molecule has 1 fully saturated rings. The van der Waals surface area contributed by atoms with E-state index in [4.69, 9.17) is 0 Å². The first-order valence-corrected chi connectivity index (χ1v) is 8.77. The molecule has 0 aliphatic heterocycles. The first-order valence-electron chi connectivity index (χ1n) is 7.98. The van der Waals surface area contributed by atoms with E-state index < -0.39 is 0 Å². The maximum Gasteiger partial charge on any atom is 0.0178 e. The van der Waals surface area contributed by atoms with Crippen molar-refractivity contribution in [1.82, 2.24) is 5.32 Å². The molecule has 0 saturated heterocycles. The molecule has 2 aliphatic rings. The number of halogens is 1. The van der Waals surface area contributed by atoms with Gasteiger partial charge in [-0.1, -0.05) is 39.7 Å². The first kappa shape index (κ1) is 14.3. The Balaban J connectivity index is 1.37. The van der Waals surface area contributed by atoms with E-state index in [0.29, 0.717) is 0 Å². The first-order chi connectivity index (χ1) is 9.81. The summed E-state index contributed by atoms with van der Waals surface area (Å²) < 4.78 is 1.20. The van der Waals surface area contributed by atoms with Gasteiger partial charge in [-0.15, -0.1) is 0 Å². The Morgan fingerprint density at radius 2 is 2.10 bits per heavy atom. The highest BCUT2D eigenvalue weighted by atomic mass is 79.9. The fourth-order valence-electron chi connectivity index (χ4n) is 3.39. The van der Waals surface area contributed by atoms with Gasteiger partial charge in [0, 0.05) is 10.5 Å². The second kappa shape index (κ2) is 6.91. The highest BCUT2D eigenvalue weighted by Crippen LogP contribution is 2.37. The van der Waals surface area contributed by atoms with E-state index in [-0.39, 0.29) is 0 Å². The lowest BCUT2D eigenvalue weighted by atomic mass is 9.76. The lowest BCUT2D eigenvalue weighted by Crippen LogP contribution is -2.40. The molecule has 20 heavy (non-hydrogen) atoms. The quantitative estimate of drug-likeness (QED) is 0.732. The summed E-state index contributed by atoms with van der Waals surface area (Å²) in [5.74, 6) is 0.763. The summed E-state index contributed by atoms with van der Waals surface area (Å²) in [5, 5.41) is 3.73. The number of rotatable bonds is 5. The smallest absolute Gasteiger partial charge is 0.0178 e. The molecular weight excluding hydrogens is 310 g/mol. The summed E-state index contributed by atoms with van der Waals surface area (Å²) in [5.41, 5.74) is 3.18. The molecule has 0 aromatic heterocycles. The molecule has 0 spiro atoms. The molecule has 0 atom stereocenters. The van der Waals surface area contributed by atoms with Gasteiger partial charge in [-0.2, -0.15) is 0 Å². The van der Waals surface area contributed by atoms with Gasteiger partial charge in [-0.25, -0.2) is 0 Å². The third-order valence-corrected chi connectivity index (χ3v) is 5.22. The molecule has 0 amide bonds. The van der Waals surface area contributed by atoms with Gasteiger partial charge in [0.05, 0.1) is 0 Å². The van der Waals surface area contributed by atoms with Gasteiger partial charge in [0.15, 0.2) is 0 Å². The van der Waals surface area contributed by atoms with Gasteiger partial charge in [0.1, 0.15) is 0 Å². The van der Waals surface area contributed by atoms with Gasteiger partial charge >= 0.3 is 0 Å². The minimum Gasteiger partial charge on any atom is -0.314 e. The van der Waals surface area contributed by atoms with Crippen molar-refractivity contribution in [2.75, 3.05) is 6.54 Å². The second-order valence-electron chi connectivity index (χ2n) is 6.23. The molecule has 1 nitrogen and oxygen atoms in total. The van der Waals surface area contributed by atoms with Crippen LogP contribution in [0.2, 0.25) is 0 Å². The van der Waals surface area contributed by atoms with Crippen molar-refractivity contribution in [3.63, 3.8) is 0 Å². The molecule has 0 heterocycles. The lowest BCUT2D eigenvalue weighted by molar-refractivity contribution is 0.292. The Hall–Kier alpha value is -0.600. The molecule has 1 saturated carbocycles. The van der Waals surface area contributed by atoms with Crippen molar-refractivity contribution in [3.05, 3.63) is 46.0 Å². The van der Waals surface area contributed by atoms with E-state index in [1.54, 1.807) is 5.57 Å². The molecule has 1 aromatic rings. The average Bonchev–Trinajstić information content (AvgIpc) is 2.42. The van der Waals surface area contributed by atoms with Crippen LogP contribution in [0.5, 0.6) is 0 Å². The van der Waals surface area contributed by atoms with Crippen molar-refractivity contribution in [3.8, 4) is 0 Å². The van der Waals surface area contributed by atoms with E-state index >= 15 is 0 Å². The Morgan fingerprint density at radius 1 is 1.20 bits per heavy atom. The van der Waals surface area contributed by atoms with Gasteiger partial charge in [0.2, 0.25) is 0 Å². The average molecular weight is 334 g/mol. The third kappa shape index (κ3) is 3.73. The predicted molar refractivity (Wildman–Crippen MR) is 89.1 cm³/mol. The van der Waals surface area contributed by atoms with Gasteiger partial charge in [-0.3, -0.25) is 0 Å². The zero-order valence-corrected chi connectivity index (χ0v) is 13.7. The summed E-state index contributed by atoms with van der Waals surface area (Å²) in [6.07, 6.45) is 11.8. The van der Waals surface area contributed by atoms with Crippen molar-refractivity contribution in [2.45, 2.75) is 56.9 Å². The standard InChI is InChI=1S/C18H24BrN/c19-17-8-4-7-15(11-17)16-12-18(13-16)20-10-9-14-5-2-1-3-6-14/h4-5,7-8,11,16,18,20H,1-3,6,9-10,12-13H2. The summed E-state index contributed by atoms with van der Waals surface area (Å²) in [6.45, 7) is 1.17. The fourth-order valence-corrected chi connectivity index (χ4v) is 3.80. The number of benzene rings is 1. The molecule has 2 heteroatoms. The molecule has 0 bridgehead atoms. The minimum atomic E-state index is 0.739. The van der Waals surface area contributed by atoms with E-state index in [2.05, 4.69) is 51.6 Å². The zero-order chi connectivity index (χ0) is 13.8. The maximum absolute atomic E-state index is 3.73. The lowest BCUT2D eigenvalue weighted by Gasteiger charge is -2.36. The van der Waals surface area contributed by atoms with Crippen molar-refractivity contribution in [1.29, 1.82) is 0 Å². The molecule has 0 unspecified atom stereocenters. The molecule has 2 aliphatic carbocycles. The Kier molecular flexibility index (Phi) is 4.95. The van der Waals surface area contributed by atoms with Crippen LogP contribution in [0.1, 0.15) is 56.4 Å². The van der Waals surface area contributed by atoms with Gasteiger partial charge in [0.25, 0.3) is 0 Å². The summed E-state index contributed by atoms with van der Waals surface area (Å²) in [4.78, 5) is 0. The van der Waals surface area contributed by atoms with Crippen molar-refractivity contribution in [2.24, 2.45) is 0 Å². The second-order valence-corrected chi connectivity index (χ2v) is 7.15. The van der Waals surface area contributed by atoms with Crippen LogP contribution in [0.4, 0.5) is 0 Å². The monoisotopic (exact) mass is 333 g/mol. The third-order valence-electron chi connectivity index (χ3n) is 4.72.